The predicted molar refractivity (Wildman–Crippen MR) is 132 cm³/mol. The van der Waals surface area contributed by atoms with E-state index in [0.717, 1.165) is 18.2 Å². The molecule has 0 aliphatic rings. The highest BCUT2D eigenvalue weighted by atomic mass is 35.5. The fraction of sp³-hybridized carbons (Fsp3) is 0.160. The highest BCUT2D eigenvalue weighted by Crippen LogP contribution is 2.36. The molecule has 0 saturated carbocycles. The molecular formula is C25H17ClF3N5O4. The summed E-state index contributed by atoms with van der Waals surface area (Å²) in [6.07, 6.45) is -3.08. The first-order valence-corrected chi connectivity index (χ1v) is 11.5. The van der Waals surface area contributed by atoms with E-state index < -0.39 is 34.9 Å². The molecule has 13 heteroatoms. The number of nitrogens with zero attached hydrogens (tertiary/aromatic N) is 4. The van der Waals surface area contributed by atoms with Gasteiger partial charge < -0.3 is 14.8 Å². The molecule has 5 rings (SSSR count). The first-order chi connectivity index (χ1) is 17.9. The predicted octanol–water partition coefficient (Wildman–Crippen LogP) is 5.75. The van der Waals surface area contributed by atoms with Crippen LogP contribution in [0.5, 0.6) is 0 Å². The zero-order valence-corrected chi connectivity index (χ0v) is 20.4. The van der Waals surface area contributed by atoms with Crippen LogP contribution >= 0.6 is 11.6 Å². The summed E-state index contributed by atoms with van der Waals surface area (Å²) in [4.78, 5) is 32.7. The molecule has 5 aromatic rings. The molecule has 1 atom stereocenters. The van der Waals surface area contributed by atoms with E-state index in [0.29, 0.717) is 11.3 Å². The van der Waals surface area contributed by atoms with E-state index in [4.69, 9.17) is 16.0 Å². The Morgan fingerprint density at radius 1 is 1.16 bits per heavy atom. The number of benzene rings is 1. The van der Waals surface area contributed by atoms with Crippen LogP contribution in [0.2, 0.25) is 5.15 Å². The van der Waals surface area contributed by atoms with E-state index in [2.05, 4.69) is 20.4 Å². The van der Waals surface area contributed by atoms with Gasteiger partial charge in [-0.25, -0.2) is 19.3 Å². The number of aromatic nitrogens is 4. The van der Waals surface area contributed by atoms with E-state index in [1.807, 2.05) is 0 Å². The molecule has 1 aromatic carbocycles. The van der Waals surface area contributed by atoms with Crippen LogP contribution < -0.4 is 10.7 Å². The molecule has 38 heavy (non-hydrogen) atoms. The highest BCUT2D eigenvalue weighted by molar-refractivity contribution is 6.29. The lowest BCUT2D eigenvalue weighted by molar-refractivity contribution is -0.137. The van der Waals surface area contributed by atoms with E-state index in [1.165, 1.54) is 23.6 Å². The van der Waals surface area contributed by atoms with Crippen LogP contribution in [-0.4, -0.2) is 30.7 Å². The summed E-state index contributed by atoms with van der Waals surface area (Å²) in [6.45, 7) is 3.29. The van der Waals surface area contributed by atoms with Crippen molar-refractivity contribution >= 4 is 39.9 Å². The molecule has 0 radical (unpaired) electrons. The van der Waals surface area contributed by atoms with Crippen LogP contribution in [0.15, 0.2) is 57.9 Å². The number of alkyl halides is 3. The maximum atomic E-state index is 13.8. The van der Waals surface area contributed by atoms with Gasteiger partial charge in [0.1, 0.15) is 16.4 Å². The summed E-state index contributed by atoms with van der Waals surface area (Å²) >= 11 is 5.81. The van der Waals surface area contributed by atoms with Gasteiger partial charge in [-0.05, 0) is 50.2 Å². The molecule has 4 aromatic heterocycles. The number of fused-ring (bicyclic) bond motifs is 2. The number of pyridine rings is 1. The molecule has 0 saturated heterocycles. The van der Waals surface area contributed by atoms with Gasteiger partial charge in [0.05, 0.1) is 34.6 Å². The van der Waals surface area contributed by atoms with Crippen molar-refractivity contribution in [1.82, 2.24) is 19.6 Å². The lowest BCUT2D eigenvalue weighted by Crippen LogP contribution is -2.15. The number of hydrogen-bond acceptors (Lipinski definition) is 7. The number of imidazole rings is 1. The Hall–Kier alpha value is -4.45. The van der Waals surface area contributed by atoms with Gasteiger partial charge in [0, 0.05) is 11.6 Å². The molecule has 194 valence electrons. The minimum absolute atomic E-state index is 0.0149. The van der Waals surface area contributed by atoms with Crippen molar-refractivity contribution in [3.05, 3.63) is 86.6 Å². The summed E-state index contributed by atoms with van der Waals surface area (Å²) in [5, 5.41) is 16.4. The fourth-order valence-electron chi connectivity index (χ4n) is 4.05. The van der Waals surface area contributed by atoms with E-state index in [-0.39, 0.29) is 38.8 Å². The molecule has 1 unspecified atom stereocenters. The van der Waals surface area contributed by atoms with Crippen LogP contribution in [0.3, 0.4) is 0 Å². The second-order valence-electron chi connectivity index (χ2n) is 8.52. The molecule has 9 nitrogen and oxygen atoms in total. The van der Waals surface area contributed by atoms with Gasteiger partial charge >= 0.3 is 12.1 Å². The van der Waals surface area contributed by atoms with Crippen LogP contribution in [0, 0.1) is 6.92 Å². The number of halogens is 4. The molecule has 0 spiro atoms. The average Bonchev–Trinajstić information content (AvgIpc) is 3.23. The standard InChI is InChI=1S/C25H17ClF3N5O4/c1-11-10-34-21(30-11)6-4-16(33-34)19-9-18(35)15-8-13(25(27,28)29)7-14(23(15)38-19)12(2)31-17-3-5-20(26)32-22(17)24(36)37/h3-10,12,31H,1-2H3,(H,36,37). The number of hydrogen-bond donors (Lipinski definition) is 2. The number of carbonyl (C=O) groups is 1. The second kappa shape index (κ2) is 9.14. The van der Waals surface area contributed by atoms with Crippen molar-refractivity contribution in [2.75, 3.05) is 5.32 Å². The lowest BCUT2D eigenvalue weighted by atomic mass is 9.99. The van der Waals surface area contributed by atoms with Crippen LogP contribution in [0.25, 0.3) is 28.1 Å². The summed E-state index contributed by atoms with van der Waals surface area (Å²) in [5.74, 6) is -1.36. The lowest BCUT2D eigenvalue weighted by Gasteiger charge is -2.20. The van der Waals surface area contributed by atoms with Crippen LogP contribution in [0.1, 0.15) is 40.3 Å². The van der Waals surface area contributed by atoms with Crippen LogP contribution in [0.4, 0.5) is 18.9 Å². The van der Waals surface area contributed by atoms with Gasteiger partial charge in [-0.3, -0.25) is 4.79 Å². The second-order valence-corrected chi connectivity index (χ2v) is 8.91. The van der Waals surface area contributed by atoms with Crippen molar-refractivity contribution in [3.63, 3.8) is 0 Å². The molecule has 0 bridgehead atoms. The Bertz CT molecular complexity index is 1800. The molecular weight excluding hydrogens is 527 g/mol. The Morgan fingerprint density at radius 2 is 1.92 bits per heavy atom. The normalized spacial score (nSPS) is 12.7. The van der Waals surface area contributed by atoms with Gasteiger partial charge in [-0.1, -0.05) is 11.6 Å². The quantitative estimate of drug-likeness (QED) is 0.269. The first-order valence-electron chi connectivity index (χ1n) is 11.1. The molecule has 0 amide bonds. The van der Waals surface area contributed by atoms with Gasteiger partial charge in [0.15, 0.2) is 22.5 Å². The van der Waals surface area contributed by atoms with Crippen molar-refractivity contribution < 1.29 is 27.5 Å². The van der Waals surface area contributed by atoms with Gasteiger partial charge in [0.2, 0.25) is 0 Å². The maximum absolute atomic E-state index is 13.8. The monoisotopic (exact) mass is 543 g/mol. The number of nitrogens with one attached hydrogen (secondary N) is 1. The fourth-order valence-corrected chi connectivity index (χ4v) is 4.20. The van der Waals surface area contributed by atoms with Crippen LogP contribution in [-0.2, 0) is 6.18 Å². The summed E-state index contributed by atoms with van der Waals surface area (Å²) < 4.78 is 48.7. The molecule has 2 N–H and O–H groups in total. The van der Waals surface area contributed by atoms with E-state index >= 15 is 0 Å². The average molecular weight is 544 g/mol. The van der Waals surface area contributed by atoms with E-state index in [1.54, 1.807) is 25.3 Å². The zero-order valence-electron chi connectivity index (χ0n) is 19.7. The van der Waals surface area contributed by atoms with Gasteiger partial charge in [0.25, 0.3) is 0 Å². The number of carboxylic acids is 1. The third-order valence-electron chi connectivity index (χ3n) is 5.78. The van der Waals surface area contributed by atoms with Crippen molar-refractivity contribution in [2.24, 2.45) is 0 Å². The van der Waals surface area contributed by atoms with Crippen molar-refractivity contribution in [2.45, 2.75) is 26.1 Å². The van der Waals surface area contributed by atoms with E-state index in [9.17, 15) is 27.9 Å². The SMILES string of the molecule is Cc1cn2nc(-c3cc(=O)c4cc(C(F)(F)F)cc(C(C)Nc5ccc(Cl)nc5C(=O)O)c4o3)ccc2n1. The minimum atomic E-state index is -4.76. The topological polar surface area (TPSA) is 123 Å². The summed E-state index contributed by atoms with van der Waals surface area (Å²) in [5.41, 5.74) is -0.767. The maximum Gasteiger partial charge on any atom is 0.416 e. The van der Waals surface area contributed by atoms with Gasteiger partial charge in [-0.15, -0.1) is 0 Å². The largest absolute Gasteiger partial charge is 0.476 e. The molecule has 4 heterocycles. The van der Waals surface area contributed by atoms with Crippen molar-refractivity contribution in [1.29, 1.82) is 0 Å². The first kappa shape index (κ1) is 25.2. The number of anilines is 1. The van der Waals surface area contributed by atoms with Gasteiger partial charge in [-0.2, -0.15) is 18.3 Å². The number of rotatable bonds is 5. The number of aromatic carboxylic acids is 1. The Labute approximate surface area is 216 Å². The zero-order chi connectivity index (χ0) is 27.4. The summed E-state index contributed by atoms with van der Waals surface area (Å²) in [6, 6.07) is 7.63. The molecule has 0 fully saturated rings. The number of aryl methyl sites for hydroxylation is 1. The Kier molecular flexibility index (Phi) is 6.06. The highest BCUT2D eigenvalue weighted by Gasteiger charge is 2.33. The third kappa shape index (κ3) is 4.65. The summed E-state index contributed by atoms with van der Waals surface area (Å²) in [7, 11) is 0. The molecule has 0 aliphatic carbocycles. The minimum Gasteiger partial charge on any atom is -0.476 e. The smallest absolute Gasteiger partial charge is 0.416 e. The number of carboxylic acid groups (broad SMARTS) is 1. The van der Waals surface area contributed by atoms with Crippen molar-refractivity contribution in [3.8, 4) is 11.5 Å². The Balaban J connectivity index is 1.69. The Morgan fingerprint density at radius 3 is 2.63 bits per heavy atom. The molecule has 0 aliphatic heterocycles. The third-order valence-corrected chi connectivity index (χ3v) is 5.99.